The first kappa shape index (κ1) is 12.5. The molecule has 0 aliphatic rings. The minimum Gasteiger partial charge on any atom is -0.453 e. The Labute approximate surface area is 105 Å². The average Bonchev–Trinajstić information content (AvgIpc) is 2.30. The predicted molar refractivity (Wildman–Crippen MR) is 72.4 cm³/mol. The number of hydrogen-bond donors (Lipinski definition) is 0. The predicted octanol–water partition coefficient (Wildman–Crippen LogP) is 3.36. The van der Waals surface area contributed by atoms with E-state index in [1.54, 1.807) is 24.3 Å². The molecule has 16 heavy (non-hydrogen) atoms. The Hall–Kier alpha value is -1.52. The number of thiocarbonyl (C=S) groups is 2. The Bertz CT molecular complexity index is 380. The molecule has 0 fully saturated rings. The first-order valence-corrected chi connectivity index (χ1v) is 5.24. The second-order valence-electron chi connectivity index (χ2n) is 2.72. The third-order valence-corrected chi connectivity index (χ3v) is 2.40. The summed E-state index contributed by atoms with van der Waals surface area (Å²) in [7, 11) is 0. The summed E-state index contributed by atoms with van der Waals surface area (Å²) in [6, 6.07) is 7.22. The van der Waals surface area contributed by atoms with Crippen molar-refractivity contribution in [2.24, 2.45) is 0 Å². The van der Waals surface area contributed by atoms with Gasteiger partial charge in [0.15, 0.2) is 10.1 Å². The van der Waals surface area contributed by atoms with Crippen LogP contribution in [0.5, 0.6) is 0 Å². The quantitative estimate of drug-likeness (QED) is 0.602. The van der Waals surface area contributed by atoms with Gasteiger partial charge in [0.25, 0.3) is 0 Å². The van der Waals surface area contributed by atoms with Crippen LogP contribution in [0.1, 0.15) is 11.1 Å². The Kier molecular flexibility index (Phi) is 4.82. The molecule has 0 radical (unpaired) electrons. The van der Waals surface area contributed by atoms with E-state index in [0.717, 1.165) is 11.1 Å². The lowest BCUT2D eigenvalue weighted by atomic mass is 10.1. The van der Waals surface area contributed by atoms with Crippen molar-refractivity contribution >= 4 is 34.5 Å². The summed E-state index contributed by atoms with van der Waals surface area (Å²) >= 11 is 10.0. The van der Waals surface area contributed by atoms with Crippen molar-refractivity contribution in [1.29, 1.82) is 0 Å². The summed E-state index contributed by atoms with van der Waals surface area (Å²) in [5, 5.41) is 0.745. The maximum absolute atomic E-state index is 5.01. The molecule has 0 spiro atoms. The van der Waals surface area contributed by atoms with Gasteiger partial charge in [-0.3, -0.25) is 0 Å². The molecule has 1 aromatic rings. The van der Waals surface area contributed by atoms with Crippen LogP contribution in [0.3, 0.4) is 0 Å². The fraction of sp³-hybridized carbons (Fsp3) is 0. The normalized spacial score (nSPS) is 9.00. The monoisotopic (exact) mass is 250 g/mol. The van der Waals surface area contributed by atoms with Crippen molar-refractivity contribution in [3.8, 4) is 0 Å². The van der Waals surface area contributed by atoms with Crippen molar-refractivity contribution in [3.05, 3.63) is 61.1 Å². The molecule has 0 aromatic heterocycles. The Morgan fingerprint density at radius 2 is 1.19 bits per heavy atom. The van der Waals surface area contributed by atoms with E-state index in [0.29, 0.717) is 10.1 Å². The largest absolute Gasteiger partial charge is 0.453 e. The van der Waals surface area contributed by atoms with Crippen LogP contribution in [0.15, 0.2) is 49.9 Å². The zero-order chi connectivity index (χ0) is 12.0. The summed E-state index contributed by atoms with van der Waals surface area (Å²) in [6.07, 6.45) is 2.59. The van der Waals surface area contributed by atoms with Gasteiger partial charge in [0.05, 0.1) is 12.5 Å². The van der Waals surface area contributed by atoms with E-state index in [-0.39, 0.29) is 0 Å². The minimum atomic E-state index is 0.372. The van der Waals surface area contributed by atoms with Crippen molar-refractivity contribution in [1.82, 2.24) is 0 Å². The molecule has 0 N–H and O–H groups in total. The molecule has 0 atom stereocenters. The lowest BCUT2D eigenvalue weighted by Crippen LogP contribution is -2.02. The number of ether oxygens (including phenoxy) is 2. The van der Waals surface area contributed by atoms with E-state index < -0.39 is 0 Å². The second-order valence-corrected chi connectivity index (χ2v) is 3.46. The second kappa shape index (κ2) is 6.15. The van der Waals surface area contributed by atoms with Crippen molar-refractivity contribution in [2.45, 2.75) is 0 Å². The van der Waals surface area contributed by atoms with Crippen LogP contribution in [0.25, 0.3) is 0 Å². The number of rotatable bonds is 4. The lowest BCUT2D eigenvalue weighted by Gasteiger charge is -2.05. The van der Waals surface area contributed by atoms with Crippen LogP contribution >= 0.6 is 24.4 Å². The standard InChI is InChI=1S/C12H10O2S2/c1-3-13-11(15)9-5-7-10(8-6-9)12(16)14-4-2/h3-8H,1-2H2. The molecule has 0 saturated carbocycles. The topological polar surface area (TPSA) is 18.5 Å². The van der Waals surface area contributed by atoms with E-state index >= 15 is 0 Å². The molecule has 0 aliphatic carbocycles. The van der Waals surface area contributed by atoms with Gasteiger partial charge >= 0.3 is 0 Å². The molecule has 1 rings (SSSR count). The van der Waals surface area contributed by atoms with E-state index in [1.807, 2.05) is 0 Å². The van der Waals surface area contributed by atoms with Crippen LogP contribution in [0.4, 0.5) is 0 Å². The third-order valence-electron chi connectivity index (χ3n) is 1.74. The molecule has 2 nitrogen and oxygen atoms in total. The van der Waals surface area contributed by atoms with Gasteiger partial charge in [-0.1, -0.05) is 13.2 Å². The minimum absolute atomic E-state index is 0.372. The molecule has 0 aliphatic heterocycles. The lowest BCUT2D eigenvalue weighted by molar-refractivity contribution is 0.487. The van der Waals surface area contributed by atoms with Gasteiger partial charge in [-0.15, -0.1) is 0 Å². The van der Waals surface area contributed by atoms with Crippen molar-refractivity contribution in [3.63, 3.8) is 0 Å². The highest BCUT2D eigenvalue weighted by Crippen LogP contribution is 2.09. The van der Waals surface area contributed by atoms with E-state index in [1.165, 1.54) is 12.5 Å². The molecule has 0 heterocycles. The summed E-state index contributed by atoms with van der Waals surface area (Å²) in [6.45, 7) is 6.87. The highest BCUT2D eigenvalue weighted by molar-refractivity contribution is 7.80. The summed E-state index contributed by atoms with van der Waals surface area (Å²) < 4.78 is 9.98. The summed E-state index contributed by atoms with van der Waals surface area (Å²) in [5.74, 6) is 0. The van der Waals surface area contributed by atoms with Gasteiger partial charge in [0.1, 0.15) is 0 Å². The fourth-order valence-electron chi connectivity index (χ4n) is 1.03. The molecular formula is C12H10O2S2. The third kappa shape index (κ3) is 3.25. The summed E-state index contributed by atoms with van der Waals surface area (Å²) in [5.41, 5.74) is 1.58. The average molecular weight is 250 g/mol. The first-order chi connectivity index (χ1) is 7.69. The number of hydrogen-bond acceptors (Lipinski definition) is 4. The first-order valence-electron chi connectivity index (χ1n) is 4.43. The molecule has 0 saturated heterocycles. The van der Waals surface area contributed by atoms with Gasteiger partial charge in [-0.05, 0) is 48.7 Å². The Balaban J connectivity index is 2.82. The van der Waals surface area contributed by atoms with Gasteiger partial charge in [0, 0.05) is 11.1 Å². The fourth-order valence-corrected chi connectivity index (χ4v) is 1.44. The molecule has 0 bridgehead atoms. The summed E-state index contributed by atoms with van der Waals surface area (Å²) in [4.78, 5) is 0. The number of benzene rings is 1. The van der Waals surface area contributed by atoms with E-state index in [9.17, 15) is 0 Å². The van der Waals surface area contributed by atoms with Gasteiger partial charge in [0.2, 0.25) is 0 Å². The molecule has 0 unspecified atom stereocenters. The molecule has 0 amide bonds. The molecular weight excluding hydrogens is 240 g/mol. The Morgan fingerprint density at radius 1 is 0.875 bits per heavy atom. The molecule has 82 valence electrons. The van der Waals surface area contributed by atoms with Crippen molar-refractivity contribution < 1.29 is 9.47 Å². The van der Waals surface area contributed by atoms with Gasteiger partial charge < -0.3 is 9.47 Å². The Morgan fingerprint density at radius 3 is 1.44 bits per heavy atom. The van der Waals surface area contributed by atoms with Gasteiger partial charge in [-0.2, -0.15) is 0 Å². The van der Waals surface area contributed by atoms with E-state index in [4.69, 9.17) is 33.9 Å². The van der Waals surface area contributed by atoms with Crippen LogP contribution in [-0.4, -0.2) is 10.1 Å². The zero-order valence-electron chi connectivity index (χ0n) is 8.51. The molecule has 4 heteroatoms. The highest BCUT2D eigenvalue weighted by Gasteiger charge is 2.04. The zero-order valence-corrected chi connectivity index (χ0v) is 10.1. The smallest absolute Gasteiger partial charge is 0.197 e. The van der Waals surface area contributed by atoms with Crippen LogP contribution in [0.2, 0.25) is 0 Å². The van der Waals surface area contributed by atoms with E-state index in [2.05, 4.69) is 13.2 Å². The SMILES string of the molecule is C=COC(=S)c1ccc(C(=S)OC=C)cc1. The van der Waals surface area contributed by atoms with Crippen LogP contribution in [0, 0.1) is 0 Å². The maximum Gasteiger partial charge on any atom is 0.197 e. The van der Waals surface area contributed by atoms with Crippen LogP contribution < -0.4 is 0 Å². The van der Waals surface area contributed by atoms with Gasteiger partial charge in [-0.25, -0.2) is 0 Å². The molecule has 1 aromatic carbocycles. The van der Waals surface area contributed by atoms with Crippen LogP contribution in [-0.2, 0) is 9.47 Å². The highest BCUT2D eigenvalue weighted by atomic mass is 32.1. The maximum atomic E-state index is 5.01. The van der Waals surface area contributed by atoms with Crippen molar-refractivity contribution in [2.75, 3.05) is 0 Å².